The lowest BCUT2D eigenvalue weighted by molar-refractivity contribution is 0.353. The lowest BCUT2D eigenvalue weighted by Gasteiger charge is -2.12. The second kappa shape index (κ2) is 5.00. The molecule has 2 rings (SSSR count). The van der Waals surface area contributed by atoms with E-state index >= 15 is 0 Å². The Balaban J connectivity index is 2.43. The molecule has 0 bridgehead atoms. The van der Waals surface area contributed by atoms with E-state index in [9.17, 15) is 0 Å². The lowest BCUT2D eigenvalue weighted by Crippen LogP contribution is -2.04. The van der Waals surface area contributed by atoms with Crippen molar-refractivity contribution in [3.05, 3.63) is 28.4 Å². The highest BCUT2D eigenvalue weighted by Crippen LogP contribution is 2.39. The molecule has 0 amide bonds. The Bertz CT molecular complexity index is 457. The van der Waals surface area contributed by atoms with Crippen molar-refractivity contribution in [2.75, 3.05) is 27.8 Å². The second-order valence-electron chi connectivity index (χ2n) is 4.08. The SMILES string of the molecule is COc1cc(C2=CN(C)CC2)cc(Br)c1OC. The number of halogens is 1. The molecule has 17 heavy (non-hydrogen) atoms. The third-order valence-electron chi connectivity index (χ3n) is 2.91. The third kappa shape index (κ3) is 2.41. The Labute approximate surface area is 110 Å². The molecule has 92 valence electrons. The number of hydrogen-bond acceptors (Lipinski definition) is 3. The van der Waals surface area contributed by atoms with Crippen molar-refractivity contribution in [1.29, 1.82) is 0 Å². The maximum atomic E-state index is 5.35. The molecule has 1 aliphatic heterocycles. The summed E-state index contributed by atoms with van der Waals surface area (Å²) < 4.78 is 11.6. The predicted molar refractivity (Wildman–Crippen MR) is 72.5 cm³/mol. The smallest absolute Gasteiger partial charge is 0.174 e. The standard InChI is InChI=1S/C13H16BrNO2/c1-15-5-4-9(8-15)10-6-11(14)13(17-3)12(7-10)16-2/h6-8H,4-5H2,1-3H3. The summed E-state index contributed by atoms with van der Waals surface area (Å²) >= 11 is 3.52. The summed E-state index contributed by atoms with van der Waals surface area (Å²) in [5.74, 6) is 1.50. The number of rotatable bonds is 3. The van der Waals surface area contributed by atoms with E-state index in [1.165, 1.54) is 11.1 Å². The molecule has 0 spiro atoms. The van der Waals surface area contributed by atoms with Crippen molar-refractivity contribution in [3.8, 4) is 11.5 Å². The van der Waals surface area contributed by atoms with E-state index in [1.807, 2.05) is 6.07 Å². The van der Waals surface area contributed by atoms with Gasteiger partial charge in [-0.3, -0.25) is 0 Å². The normalized spacial score (nSPS) is 14.8. The largest absolute Gasteiger partial charge is 0.493 e. The van der Waals surface area contributed by atoms with E-state index in [4.69, 9.17) is 9.47 Å². The second-order valence-corrected chi connectivity index (χ2v) is 4.93. The Kier molecular flexibility index (Phi) is 3.62. The molecule has 0 radical (unpaired) electrons. The Morgan fingerprint density at radius 2 is 2.00 bits per heavy atom. The highest BCUT2D eigenvalue weighted by molar-refractivity contribution is 9.10. The van der Waals surface area contributed by atoms with Gasteiger partial charge in [-0.05, 0) is 45.6 Å². The van der Waals surface area contributed by atoms with Gasteiger partial charge in [0.25, 0.3) is 0 Å². The first-order valence-electron chi connectivity index (χ1n) is 5.48. The molecule has 0 N–H and O–H groups in total. The lowest BCUT2D eigenvalue weighted by atomic mass is 10.1. The van der Waals surface area contributed by atoms with Gasteiger partial charge in [0.05, 0.1) is 18.7 Å². The van der Waals surface area contributed by atoms with Crippen molar-refractivity contribution < 1.29 is 9.47 Å². The first kappa shape index (κ1) is 12.3. The molecule has 0 fully saturated rings. The fraction of sp³-hybridized carbons (Fsp3) is 0.385. The van der Waals surface area contributed by atoms with Crippen LogP contribution in [0, 0.1) is 0 Å². The molecular formula is C13H16BrNO2. The van der Waals surface area contributed by atoms with Crippen LogP contribution in [-0.2, 0) is 0 Å². The summed E-state index contributed by atoms with van der Waals surface area (Å²) in [6, 6.07) is 4.10. The number of nitrogens with zero attached hydrogens (tertiary/aromatic N) is 1. The van der Waals surface area contributed by atoms with E-state index in [0.717, 1.165) is 28.9 Å². The maximum absolute atomic E-state index is 5.35. The Hall–Kier alpha value is -1.16. The van der Waals surface area contributed by atoms with Gasteiger partial charge in [-0.2, -0.15) is 0 Å². The summed E-state index contributed by atoms with van der Waals surface area (Å²) in [6.07, 6.45) is 3.24. The summed E-state index contributed by atoms with van der Waals surface area (Å²) in [7, 11) is 5.39. The number of benzene rings is 1. The molecule has 0 unspecified atom stereocenters. The summed E-state index contributed by atoms with van der Waals surface area (Å²) in [5, 5.41) is 0. The van der Waals surface area contributed by atoms with E-state index < -0.39 is 0 Å². The minimum absolute atomic E-state index is 0.739. The fourth-order valence-electron chi connectivity index (χ4n) is 2.01. The van der Waals surface area contributed by atoms with Crippen molar-refractivity contribution in [1.82, 2.24) is 4.90 Å². The molecule has 0 saturated heterocycles. The molecular weight excluding hydrogens is 282 g/mol. The van der Waals surface area contributed by atoms with Crippen LogP contribution < -0.4 is 9.47 Å². The number of methoxy groups -OCH3 is 2. The zero-order chi connectivity index (χ0) is 12.4. The molecule has 0 aliphatic carbocycles. The van der Waals surface area contributed by atoms with Crippen LogP contribution >= 0.6 is 15.9 Å². The van der Waals surface area contributed by atoms with Crippen LogP contribution in [0.3, 0.4) is 0 Å². The van der Waals surface area contributed by atoms with Crippen LogP contribution in [-0.4, -0.2) is 32.7 Å². The summed E-state index contributed by atoms with van der Waals surface area (Å²) in [6.45, 7) is 1.07. The van der Waals surface area contributed by atoms with Crippen LogP contribution in [0.4, 0.5) is 0 Å². The van der Waals surface area contributed by atoms with Crippen LogP contribution in [0.2, 0.25) is 0 Å². The minimum atomic E-state index is 0.739. The highest BCUT2D eigenvalue weighted by Gasteiger charge is 2.16. The summed E-state index contributed by atoms with van der Waals surface area (Å²) in [4.78, 5) is 2.19. The summed E-state index contributed by atoms with van der Waals surface area (Å²) in [5.41, 5.74) is 2.51. The van der Waals surface area contributed by atoms with Gasteiger partial charge in [-0.1, -0.05) is 0 Å². The predicted octanol–water partition coefficient (Wildman–Crippen LogP) is 3.14. The van der Waals surface area contributed by atoms with Crippen LogP contribution in [0.15, 0.2) is 22.8 Å². The molecule has 0 aromatic heterocycles. The van der Waals surface area contributed by atoms with Crippen molar-refractivity contribution in [2.45, 2.75) is 6.42 Å². The molecule has 0 saturated carbocycles. The number of hydrogen-bond donors (Lipinski definition) is 0. The van der Waals surface area contributed by atoms with Gasteiger partial charge in [0, 0.05) is 19.8 Å². The van der Waals surface area contributed by atoms with Gasteiger partial charge in [0.2, 0.25) is 0 Å². The number of ether oxygens (including phenoxy) is 2. The average Bonchev–Trinajstić information content (AvgIpc) is 2.74. The van der Waals surface area contributed by atoms with Gasteiger partial charge in [-0.15, -0.1) is 0 Å². The third-order valence-corrected chi connectivity index (χ3v) is 3.50. The first-order valence-corrected chi connectivity index (χ1v) is 6.28. The maximum Gasteiger partial charge on any atom is 0.174 e. The zero-order valence-electron chi connectivity index (χ0n) is 10.3. The Morgan fingerprint density at radius 3 is 2.53 bits per heavy atom. The van der Waals surface area contributed by atoms with Gasteiger partial charge in [0.1, 0.15) is 0 Å². The molecule has 1 aromatic carbocycles. The molecule has 1 aliphatic rings. The van der Waals surface area contributed by atoms with Gasteiger partial charge < -0.3 is 14.4 Å². The van der Waals surface area contributed by atoms with Crippen molar-refractivity contribution in [2.24, 2.45) is 0 Å². The zero-order valence-corrected chi connectivity index (χ0v) is 11.9. The Morgan fingerprint density at radius 1 is 1.24 bits per heavy atom. The molecule has 3 nitrogen and oxygen atoms in total. The van der Waals surface area contributed by atoms with E-state index in [-0.39, 0.29) is 0 Å². The molecule has 4 heteroatoms. The topological polar surface area (TPSA) is 21.7 Å². The minimum Gasteiger partial charge on any atom is -0.493 e. The van der Waals surface area contributed by atoms with Crippen molar-refractivity contribution >= 4 is 21.5 Å². The van der Waals surface area contributed by atoms with Crippen LogP contribution in [0.1, 0.15) is 12.0 Å². The van der Waals surface area contributed by atoms with E-state index in [2.05, 4.69) is 40.1 Å². The average molecular weight is 298 g/mol. The van der Waals surface area contributed by atoms with Crippen molar-refractivity contribution in [3.63, 3.8) is 0 Å². The van der Waals surface area contributed by atoms with Gasteiger partial charge in [-0.25, -0.2) is 0 Å². The van der Waals surface area contributed by atoms with Gasteiger partial charge in [0.15, 0.2) is 11.5 Å². The molecule has 1 aromatic rings. The monoisotopic (exact) mass is 297 g/mol. The van der Waals surface area contributed by atoms with Crippen LogP contribution in [0.25, 0.3) is 5.57 Å². The first-order chi connectivity index (χ1) is 8.15. The van der Waals surface area contributed by atoms with Gasteiger partial charge >= 0.3 is 0 Å². The fourth-order valence-corrected chi connectivity index (χ4v) is 2.62. The molecule has 1 heterocycles. The van der Waals surface area contributed by atoms with E-state index in [0.29, 0.717) is 0 Å². The van der Waals surface area contributed by atoms with Crippen LogP contribution in [0.5, 0.6) is 11.5 Å². The highest BCUT2D eigenvalue weighted by atomic mass is 79.9. The quantitative estimate of drug-likeness (QED) is 0.855. The molecule has 0 atom stereocenters. The van der Waals surface area contributed by atoms with E-state index in [1.54, 1.807) is 14.2 Å².